The van der Waals surface area contributed by atoms with Crippen LogP contribution in [-0.4, -0.2) is 10.9 Å². The van der Waals surface area contributed by atoms with Crippen molar-refractivity contribution in [2.24, 2.45) is 0 Å². The zero-order valence-electron chi connectivity index (χ0n) is 10.7. The molecule has 21 heavy (non-hydrogen) atoms. The van der Waals surface area contributed by atoms with E-state index in [1.54, 1.807) is 25.1 Å². The predicted octanol–water partition coefficient (Wildman–Crippen LogP) is 4.88. The van der Waals surface area contributed by atoms with E-state index in [0.717, 1.165) is 11.3 Å². The lowest BCUT2D eigenvalue weighted by Gasteiger charge is -2.14. The third-order valence-corrected chi connectivity index (χ3v) is 4.24. The first-order chi connectivity index (χ1) is 9.88. The van der Waals surface area contributed by atoms with Gasteiger partial charge >= 0.3 is 11.0 Å². The fourth-order valence-electron chi connectivity index (χ4n) is 1.65. The molecule has 0 bridgehead atoms. The fourth-order valence-corrected chi connectivity index (χ4v) is 2.91. The van der Waals surface area contributed by atoms with Crippen LogP contribution < -0.4 is 0 Å². The van der Waals surface area contributed by atoms with Crippen LogP contribution in [0.1, 0.15) is 28.3 Å². The summed E-state index contributed by atoms with van der Waals surface area (Å²) in [6, 6.07) is 7.49. The molecule has 1 unspecified atom stereocenters. The number of nitro groups is 1. The Balaban J connectivity index is 2.12. The van der Waals surface area contributed by atoms with Crippen molar-refractivity contribution in [3.63, 3.8) is 0 Å². The summed E-state index contributed by atoms with van der Waals surface area (Å²) in [6.45, 7) is 1.66. The first-order valence-electron chi connectivity index (χ1n) is 5.78. The molecule has 0 radical (unpaired) electrons. The zero-order valence-corrected chi connectivity index (χ0v) is 13.0. The second kappa shape index (κ2) is 6.43. The van der Waals surface area contributed by atoms with Gasteiger partial charge in [0.05, 0.1) is 4.92 Å². The van der Waals surface area contributed by atoms with Crippen molar-refractivity contribution in [1.29, 1.82) is 0 Å². The molecular formula is C13H9Cl2NO4S. The normalized spacial score (nSPS) is 12.0. The van der Waals surface area contributed by atoms with Gasteiger partial charge in [0.25, 0.3) is 0 Å². The van der Waals surface area contributed by atoms with E-state index >= 15 is 0 Å². The number of carbonyl (C=O) groups is 1. The van der Waals surface area contributed by atoms with Crippen molar-refractivity contribution in [3.8, 4) is 0 Å². The molecule has 1 aromatic carbocycles. The molecule has 1 atom stereocenters. The van der Waals surface area contributed by atoms with Gasteiger partial charge in [-0.25, -0.2) is 4.79 Å². The van der Waals surface area contributed by atoms with Gasteiger partial charge < -0.3 is 4.74 Å². The van der Waals surface area contributed by atoms with Crippen molar-refractivity contribution < 1.29 is 14.5 Å². The highest BCUT2D eigenvalue weighted by molar-refractivity contribution is 7.17. The molecule has 0 spiro atoms. The summed E-state index contributed by atoms with van der Waals surface area (Å²) in [4.78, 5) is 22.1. The van der Waals surface area contributed by atoms with E-state index in [2.05, 4.69) is 0 Å². The summed E-state index contributed by atoms with van der Waals surface area (Å²) in [7, 11) is 0. The number of hydrogen-bond acceptors (Lipinski definition) is 5. The van der Waals surface area contributed by atoms with E-state index in [1.807, 2.05) is 0 Å². The van der Waals surface area contributed by atoms with Crippen LogP contribution >= 0.6 is 34.5 Å². The third kappa shape index (κ3) is 3.72. The van der Waals surface area contributed by atoms with Crippen molar-refractivity contribution in [3.05, 3.63) is 60.9 Å². The van der Waals surface area contributed by atoms with Crippen molar-refractivity contribution in [2.45, 2.75) is 13.0 Å². The van der Waals surface area contributed by atoms with Gasteiger partial charge in [0.1, 0.15) is 11.0 Å². The van der Waals surface area contributed by atoms with E-state index in [1.165, 1.54) is 12.1 Å². The quantitative estimate of drug-likeness (QED) is 0.449. The van der Waals surface area contributed by atoms with Gasteiger partial charge in [0.15, 0.2) is 0 Å². The minimum absolute atomic E-state index is 0.112. The Morgan fingerprint density at radius 1 is 1.33 bits per heavy atom. The first kappa shape index (κ1) is 15.8. The maximum absolute atomic E-state index is 11.9. The topological polar surface area (TPSA) is 69.4 Å². The Labute approximate surface area is 134 Å². The van der Waals surface area contributed by atoms with Crippen molar-refractivity contribution in [1.82, 2.24) is 0 Å². The van der Waals surface area contributed by atoms with E-state index in [-0.39, 0.29) is 9.88 Å². The summed E-state index contributed by atoms with van der Waals surface area (Å²) < 4.78 is 5.26. The maximum atomic E-state index is 11.9. The molecule has 1 aromatic heterocycles. The molecule has 0 aliphatic rings. The maximum Gasteiger partial charge on any atom is 0.349 e. The van der Waals surface area contributed by atoms with Crippen molar-refractivity contribution >= 4 is 45.5 Å². The summed E-state index contributed by atoms with van der Waals surface area (Å²) in [5.74, 6) is -0.633. The molecule has 110 valence electrons. The van der Waals surface area contributed by atoms with E-state index < -0.39 is 17.0 Å². The Morgan fingerprint density at radius 2 is 2.05 bits per heavy atom. The summed E-state index contributed by atoms with van der Waals surface area (Å²) in [6.07, 6.45) is -0.594. The lowest BCUT2D eigenvalue weighted by Crippen LogP contribution is -2.08. The van der Waals surface area contributed by atoms with Gasteiger partial charge in [-0.2, -0.15) is 0 Å². The lowest BCUT2D eigenvalue weighted by molar-refractivity contribution is -0.380. The lowest BCUT2D eigenvalue weighted by atomic mass is 10.1. The molecule has 0 fully saturated rings. The van der Waals surface area contributed by atoms with E-state index in [9.17, 15) is 14.9 Å². The van der Waals surface area contributed by atoms with Gasteiger partial charge in [-0.15, -0.1) is 0 Å². The molecule has 0 amide bonds. The van der Waals surface area contributed by atoms with Crippen LogP contribution in [0, 0.1) is 10.1 Å². The van der Waals surface area contributed by atoms with Gasteiger partial charge in [0, 0.05) is 21.7 Å². The van der Waals surface area contributed by atoms with Gasteiger partial charge in [-0.1, -0.05) is 40.6 Å². The molecule has 0 aliphatic heterocycles. The minimum atomic E-state index is -0.633. The van der Waals surface area contributed by atoms with Gasteiger partial charge in [-0.3, -0.25) is 10.1 Å². The largest absolute Gasteiger partial charge is 0.454 e. The number of carbonyl (C=O) groups excluding carboxylic acids is 1. The standard InChI is InChI=1S/C13H9Cl2NO4S/c1-7(9-3-2-8(14)6-10(9)15)20-13(17)11-4-5-12(21-11)16(18)19/h2-7H,1H3. The van der Waals surface area contributed by atoms with Crippen LogP contribution in [0.5, 0.6) is 0 Å². The van der Waals surface area contributed by atoms with E-state index in [4.69, 9.17) is 27.9 Å². The summed E-state index contributed by atoms with van der Waals surface area (Å²) in [5, 5.41) is 11.4. The third-order valence-electron chi connectivity index (χ3n) is 2.66. The monoisotopic (exact) mass is 345 g/mol. The molecule has 1 heterocycles. The molecule has 2 aromatic rings. The van der Waals surface area contributed by atoms with Crippen LogP contribution in [0.4, 0.5) is 5.00 Å². The zero-order chi connectivity index (χ0) is 15.6. The van der Waals surface area contributed by atoms with Crippen LogP contribution in [0.15, 0.2) is 30.3 Å². The molecule has 0 N–H and O–H groups in total. The molecular weight excluding hydrogens is 337 g/mol. The average Bonchev–Trinajstić information content (AvgIpc) is 2.88. The molecule has 0 saturated carbocycles. The first-order valence-corrected chi connectivity index (χ1v) is 7.36. The number of nitrogens with zero attached hydrogens (tertiary/aromatic N) is 1. The van der Waals surface area contributed by atoms with Gasteiger partial charge in [-0.05, 0) is 25.1 Å². The average molecular weight is 346 g/mol. The number of halogens is 2. The Morgan fingerprint density at radius 3 is 2.62 bits per heavy atom. The van der Waals surface area contributed by atoms with Crippen molar-refractivity contribution in [2.75, 3.05) is 0 Å². The highest BCUT2D eigenvalue weighted by Crippen LogP contribution is 2.30. The molecule has 0 aliphatic carbocycles. The molecule has 8 heteroatoms. The smallest absolute Gasteiger partial charge is 0.349 e. The van der Waals surface area contributed by atoms with Crippen LogP contribution in [-0.2, 0) is 4.74 Å². The minimum Gasteiger partial charge on any atom is -0.454 e. The second-order valence-corrected chi connectivity index (χ2v) is 6.01. The summed E-state index contributed by atoms with van der Waals surface area (Å²) >= 11 is 12.6. The van der Waals surface area contributed by atoms with E-state index in [0.29, 0.717) is 15.6 Å². The Bertz CT molecular complexity index is 701. The highest BCUT2D eigenvalue weighted by Gasteiger charge is 2.20. The van der Waals surface area contributed by atoms with Crippen LogP contribution in [0.2, 0.25) is 10.0 Å². The SMILES string of the molecule is CC(OC(=O)c1ccc([N+](=O)[O-])s1)c1ccc(Cl)cc1Cl. The second-order valence-electron chi connectivity index (χ2n) is 4.11. The molecule has 5 nitrogen and oxygen atoms in total. The Kier molecular flexibility index (Phi) is 4.82. The number of esters is 1. The fraction of sp³-hybridized carbons (Fsp3) is 0.154. The number of rotatable bonds is 4. The number of hydrogen-bond donors (Lipinski definition) is 0. The molecule has 2 rings (SSSR count). The van der Waals surface area contributed by atoms with Crippen LogP contribution in [0.25, 0.3) is 0 Å². The molecule has 0 saturated heterocycles. The predicted molar refractivity (Wildman–Crippen MR) is 81.3 cm³/mol. The number of ether oxygens (including phenoxy) is 1. The van der Waals surface area contributed by atoms with Crippen LogP contribution in [0.3, 0.4) is 0 Å². The number of thiophene rings is 1. The Hall–Kier alpha value is -1.63. The highest BCUT2D eigenvalue weighted by atomic mass is 35.5. The number of benzene rings is 1. The van der Waals surface area contributed by atoms with Gasteiger partial charge in [0.2, 0.25) is 0 Å². The summed E-state index contributed by atoms with van der Waals surface area (Å²) in [5.41, 5.74) is 0.612.